The third kappa shape index (κ3) is 3.59. The van der Waals surface area contributed by atoms with Crippen molar-refractivity contribution in [2.24, 2.45) is 7.05 Å². The zero-order valence-corrected chi connectivity index (χ0v) is 10.4. The topological polar surface area (TPSA) is 99.8 Å². The molecule has 1 heterocycles. The number of aromatic nitrogens is 2. The number of aryl methyl sites for hydroxylation is 2. The maximum atomic E-state index is 11.4. The van der Waals surface area contributed by atoms with Crippen LogP contribution < -0.4 is 10.6 Å². The average Bonchev–Trinajstić information content (AvgIpc) is 2.73. The second-order valence-corrected chi connectivity index (χ2v) is 3.65. The number of nitrogens with one attached hydrogen (secondary N) is 2. The number of amides is 2. The smallest absolute Gasteiger partial charge is 0.310 e. The van der Waals surface area contributed by atoms with E-state index >= 15 is 0 Å². The summed E-state index contributed by atoms with van der Waals surface area (Å²) in [6.45, 7) is 2.03. The monoisotopic (exact) mass is 249 g/mol. The normalized spacial score (nSPS) is 9.61. The third-order valence-electron chi connectivity index (χ3n) is 2.30. The fourth-order valence-electron chi connectivity index (χ4n) is 1.48. The first kappa shape index (κ1) is 13.7. The molecule has 2 amide bonds. The Balaban J connectivity index is 2.52. The van der Waals surface area contributed by atoms with Gasteiger partial charge < -0.3 is 10.6 Å². The summed E-state index contributed by atoms with van der Waals surface area (Å²) < 4.78 is 1.66. The van der Waals surface area contributed by atoms with Gasteiger partial charge >= 0.3 is 11.8 Å². The highest BCUT2D eigenvalue weighted by molar-refractivity contribution is 6.35. The molecule has 0 saturated heterocycles. The molecule has 7 heteroatoms. The number of carbonyl (C=O) groups excluding carboxylic acids is 2. The predicted octanol–water partition coefficient (Wildman–Crippen LogP) is -0.762. The van der Waals surface area contributed by atoms with Gasteiger partial charge in [0, 0.05) is 25.4 Å². The van der Waals surface area contributed by atoms with Gasteiger partial charge in [0.2, 0.25) is 0 Å². The van der Waals surface area contributed by atoms with E-state index < -0.39 is 11.8 Å². The van der Waals surface area contributed by atoms with E-state index in [1.165, 1.54) is 0 Å². The van der Waals surface area contributed by atoms with E-state index in [0.29, 0.717) is 0 Å². The number of nitriles is 1. The summed E-state index contributed by atoms with van der Waals surface area (Å²) in [5.74, 6) is -1.56. The molecule has 0 bridgehead atoms. The minimum Gasteiger partial charge on any atom is -0.344 e. The Morgan fingerprint density at radius 2 is 2.11 bits per heavy atom. The highest BCUT2D eigenvalue weighted by Gasteiger charge is 2.13. The zero-order valence-electron chi connectivity index (χ0n) is 10.4. The second-order valence-electron chi connectivity index (χ2n) is 3.65. The van der Waals surface area contributed by atoms with Gasteiger partial charge in [-0.15, -0.1) is 0 Å². The Labute approximate surface area is 105 Å². The second kappa shape index (κ2) is 6.39. The lowest BCUT2D eigenvalue weighted by molar-refractivity contribution is -0.139. The van der Waals surface area contributed by atoms with Gasteiger partial charge in [0.05, 0.1) is 11.8 Å². The SMILES string of the molecule is CCc1nn(C)cc1CNC(=O)C(=O)NCC#N. The van der Waals surface area contributed by atoms with E-state index in [9.17, 15) is 9.59 Å². The number of carbonyl (C=O) groups is 2. The number of hydrogen-bond donors (Lipinski definition) is 2. The number of hydrogen-bond acceptors (Lipinski definition) is 4. The molecule has 1 aromatic rings. The van der Waals surface area contributed by atoms with Crippen molar-refractivity contribution in [2.75, 3.05) is 6.54 Å². The lowest BCUT2D eigenvalue weighted by Gasteiger charge is -2.03. The van der Waals surface area contributed by atoms with Gasteiger partial charge in [-0.3, -0.25) is 14.3 Å². The molecule has 96 valence electrons. The van der Waals surface area contributed by atoms with Gasteiger partial charge in [-0.1, -0.05) is 6.92 Å². The molecular formula is C11H15N5O2. The number of nitrogens with zero attached hydrogens (tertiary/aromatic N) is 3. The van der Waals surface area contributed by atoms with E-state index in [4.69, 9.17) is 5.26 Å². The van der Waals surface area contributed by atoms with Crippen LogP contribution in [0.2, 0.25) is 0 Å². The lowest BCUT2D eigenvalue weighted by atomic mass is 10.2. The van der Waals surface area contributed by atoms with E-state index in [2.05, 4.69) is 15.7 Å². The Bertz CT molecular complexity index is 486. The molecule has 7 nitrogen and oxygen atoms in total. The number of rotatable bonds is 4. The summed E-state index contributed by atoms with van der Waals surface area (Å²) in [6, 6.07) is 1.72. The molecule has 18 heavy (non-hydrogen) atoms. The summed E-state index contributed by atoms with van der Waals surface area (Å²) in [6.07, 6.45) is 2.55. The molecule has 0 aliphatic rings. The molecule has 0 aliphatic carbocycles. The molecule has 0 spiro atoms. The average molecular weight is 249 g/mol. The van der Waals surface area contributed by atoms with Crippen LogP contribution in [0.15, 0.2) is 6.20 Å². The van der Waals surface area contributed by atoms with Crippen molar-refractivity contribution in [3.8, 4) is 6.07 Å². The van der Waals surface area contributed by atoms with E-state index in [-0.39, 0.29) is 13.1 Å². The minimum absolute atomic E-state index is 0.181. The maximum Gasteiger partial charge on any atom is 0.310 e. The quantitative estimate of drug-likeness (QED) is 0.541. The first-order valence-corrected chi connectivity index (χ1v) is 5.52. The molecule has 0 aliphatic heterocycles. The summed E-state index contributed by atoms with van der Waals surface area (Å²) in [7, 11) is 1.80. The molecule has 0 fully saturated rings. The molecule has 0 saturated carbocycles. The van der Waals surface area contributed by atoms with E-state index in [0.717, 1.165) is 17.7 Å². The van der Waals surface area contributed by atoms with Crippen LogP contribution in [-0.4, -0.2) is 28.1 Å². The van der Waals surface area contributed by atoms with Crippen LogP contribution >= 0.6 is 0 Å². The van der Waals surface area contributed by atoms with Crippen LogP contribution in [0, 0.1) is 11.3 Å². The maximum absolute atomic E-state index is 11.4. The van der Waals surface area contributed by atoms with Gasteiger partial charge in [0.1, 0.15) is 6.54 Å². The van der Waals surface area contributed by atoms with Gasteiger partial charge in [0.25, 0.3) is 0 Å². The fraction of sp³-hybridized carbons (Fsp3) is 0.455. The highest BCUT2D eigenvalue weighted by atomic mass is 16.2. The summed E-state index contributed by atoms with van der Waals surface area (Å²) in [5.41, 5.74) is 1.76. The van der Waals surface area contributed by atoms with E-state index in [1.807, 2.05) is 6.92 Å². The van der Waals surface area contributed by atoms with Crippen molar-refractivity contribution < 1.29 is 9.59 Å². The Hall–Kier alpha value is -2.36. The van der Waals surface area contributed by atoms with Crippen LogP contribution in [-0.2, 0) is 29.6 Å². The molecule has 0 aromatic carbocycles. The van der Waals surface area contributed by atoms with Crippen molar-refractivity contribution in [2.45, 2.75) is 19.9 Å². The Kier molecular flexibility index (Phi) is 4.87. The standard InChI is InChI=1S/C11H15N5O2/c1-3-9-8(7-16(2)15-9)6-14-11(18)10(17)13-5-4-12/h7H,3,5-6H2,1-2H3,(H,13,17)(H,14,18). The van der Waals surface area contributed by atoms with Crippen molar-refractivity contribution in [1.82, 2.24) is 20.4 Å². The third-order valence-corrected chi connectivity index (χ3v) is 2.30. The highest BCUT2D eigenvalue weighted by Crippen LogP contribution is 2.06. The van der Waals surface area contributed by atoms with Gasteiger partial charge in [-0.25, -0.2) is 0 Å². The predicted molar refractivity (Wildman–Crippen MR) is 63.1 cm³/mol. The largest absolute Gasteiger partial charge is 0.344 e. The van der Waals surface area contributed by atoms with Crippen LogP contribution in [0.3, 0.4) is 0 Å². The molecule has 1 aromatic heterocycles. The summed E-state index contributed by atoms with van der Waals surface area (Å²) in [5, 5.41) is 17.1. The Morgan fingerprint density at radius 3 is 2.72 bits per heavy atom. The molecule has 0 atom stereocenters. The zero-order chi connectivity index (χ0) is 13.5. The molecular weight excluding hydrogens is 234 g/mol. The van der Waals surface area contributed by atoms with Crippen molar-refractivity contribution in [3.63, 3.8) is 0 Å². The van der Waals surface area contributed by atoms with Crippen LogP contribution in [0.5, 0.6) is 0 Å². The summed E-state index contributed by atoms with van der Waals surface area (Å²) in [4.78, 5) is 22.6. The molecule has 0 unspecified atom stereocenters. The van der Waals surface area contributed by atoms with Gasteiger partial charge in [0.15, 0.2) is 0 Å². The summed E-state index contributed by atoms with van der Waals surface area (Å²) >= 11 is 0. The Morgan fingerprint density at radius 1 is 1.44 bits per heavy atom. The first-order valence-electron chi connectivity index (χ1n) is 5.52. The first-order chi connectivity index (χ1) is 8.58. The van der Waals surface area contributed by atoms with Crippen molar-refractivity contribution in [1.29, 1.82) is 5.26 Å². The van der Waals surface area contributed by atoms with E-state index in [1.54, 1.807) is 24.0 Å². The minimum atomic E-state index is -0.807. The molecule has 2 N–H and O–H groups in total. The van der Waals surface area contributed by atoms with Crippen LogP contribution in [0.4, 0.5) is 0 Å². The van der Waals surface area contributed by atoms with Crippen LogP contribution in [0.1, 0.15) is 18.2 Å². The van der Waals surface area contributed by atoms with Gasteiger partial charge in [-0.05, 0) is 6.42 Å². The fourth-order valence-corrected chi connectivity index (χ4v) is 1.48. The molecule has 1 rings (SSSR count). The van der Waals surface area contributed by atoms with Crippen molar-refractivity contribution in [3.05, 3.63) is 17.5 Å². The van der Waals surface area contributed by atoms with Crippen molar-refractivity contribution >= 4 is 11.8 Å². The molecule has 0 radical (unpaired) electrons. The van der Waals surface area contributed by atoms with Gasteiger partial charge in [-0.2, -0.15) is 10.4 Å². The lowest BCUT2D eigenvalue weighted by Crippen LogP contribution is -2.39. The van der Waals surface area contributed by atoms with Crippen LogP contribution in [0.25, 0.3) is 0 Å².